The Kier molecular flexibility index (Phi) is 6.44. The topological polar surface area (TPSA) is 70.8 Å². The number of nitrogen functional groups attached to an aromatic ring is 1. The zero-order chi connectivity index (χ0) is 19.4. The molecule has 1 heterocycles. The molecule has 1 aliphatic rings. The highest BCUT2D eigenvalue weighted by atomic mass is 35.5. The normalized spacial score (nSPS) is 15.5. The van der Waals surface area contributed by atoms with E-state index in [9.17, 15) is 4.79 Å². The lowest BCUT2D eigenvalue weighted by atomic mass is 10.1. The Morgan fingerprint density at radius 1 is 1.19 bits per heavy atom. The molecule has 0 aliphatic carbocycles. The SMILES string of the molecule is COc1cc(N)c(Cl)cc1C(=O)NN1CCN(Cc2cccc(Cl)c2)CC1. The van der Waals surface area contributed by atoms with Crippen LogP contribution < -0.4 is 15.9 Å². The van der Waals surface area contributed by atoms with Crippen LogP contribution in [0.5, 0.6) is 5.75 Å². The predicted molar refractivity (Wildman–Crippen MR) is 108 cm³/mol. The molecule has 3 N–H and O–H groups in total. The molecule has 144 valence electrons. The van der Waals surface area contributed by atoms with Crippen molar-refractivity contribution in [2.45, 2.75) is 6.54 Å². The van der Waals surface area contributed by atoms with Gasteiger partial charge in [-0.25, -0.2) is 5.01 Å². The fraction of sp³-hybridized carbons (Fsp3) is 0.316. The van der Waals surface area contributed by atoms with Gasteiger partial charge >= 0.3 is 0 Å². The molecule has 1 amide bonds. The fourth-order valence-corrected chi connectivity index (χ4v) is 3.41. The number of piperazine rings is 1. The summed E-state index contributed by atoms with van der Waals surface area (Å²) in [6.45, 7) is 3.96. The molecule has 0 spiro atoms. The van der Waals surface area contributed by atoms with Crippen molar-refractivity contribution < 1.29 is 9.53 Å². The Hall–Kier alpha value is -1.99. The number of hydrazine groups is 1. The van der Waals surface area contributed by atoms with Gasteiger partial charge < -0.3 is 10.5 Å². The molecule has 0 radical (unpaired) electrons. The zero-order valence-electron chi connectivity index (χ0n) is 15.0. The summed E-state index contributed by atoms with van der Waals surface area (Å²) in [5.74, 6) is 0.131. The molecule has 1 saturated heterocycles. The zero-order valence-corrected chi connectivity index (χ0v) is 16.6. The van der Waals surface area contributed by atoms with E-state index >= 15 is 0 Å². The molecule has 0 bridgehead atoms. The highest BCUT2D eigenvalue weighted by Crippen LogP contribution is 2.28. The number of carbonyl (C=O) groups is 1. The molecule has 1 aliphatic heterocycles. The lowest BCUT2D eigenvalue weighted by Gasteiger charge is -2.34. The molecular weight excluding hydrogens is 387 g/mol. The third kappa shape index (κ3) is 5.05. The average molecular weight is 409 g/mol. The highest BCUT2D eigenvalue weighted by Gasteiger charge is 2.21. The Labute approximate surface area is 168 Å². The van der Waals surface area contributed by atoms with Gasteiger partial charge in [0.15, 0.2) is 0 Å². The van der Waals surface area contributed by atoms with Crippen LogP contribution in [0.1, 0.15) is 15.9 Å². The number of nitrogens with two attached hydrogens (primary N) is 1. The number of nitrogens with one attached hydrogen (secondary N) is 1. The van der Waals surface area contributed by atoms with Crippen molar-refractivity contribution >= 4 is 34.8 Å². The third-order valence-electron chi connectivity index (χ3n) is 4.49. The van der Waals surface area contributed by atoms with Gasteiger partial charge in [0.25, 0.3) is 5.91 Å². The van der Waals surface area contributed by atoms with Crippen molar-refractivity contribution in [2.24, 2.45) is 0 Å². The van der Waals surface area contributed by atoms with Gasteiger partial charge in [-0.15, -0.1) is 0 Å². The maximum absolute atomic E-state index is 12.6. The Morgan fingerprint density at radius 2 is 1.93 bits per heavy atom. The maximum atomic E-state index is 12.6. The van der Waals surface area contributed by atoms with Crippen LogP contribution in [0.15, 0.2) is 36.4 Å². The number of hydrogen-bond acceptors (Lipinski definition) is 5. The van der Waals surface area contributed by atoms with Gasteiger partial charge in [-0.2, -0.15) is 0 Å². The monoisotopic (exact) mass is 408 g/mol. The Morgan fingerprint density at radius 3 is 2.59 bits per heavy atom. The second-order valence-corrected chi connectivity index (χ2v) is 7.25. The van der Waals surface area contributed by atoms with Crippen LogP contribution in [0.3, 0.4) is 0 Å². The molecule has 3 rings (SSSR count). The minimum Gasteiger partial charge on any atom is -0.496 e. The van der Waals surface area contributed by atoms with Gasteiger partial charge in [0.1, 0.15) is 5.75 Å². The van der Waals surface area contributed by atoms with Gasteiger partial charge in [0.2, 0.25) is 0 Å². The van der Waals surface area contributed by atoms with Crippen molar-refractivity contribution in [2.75, 3.05) is 39.0 Å². The molecule has 1 fully saturated rings. The van der Waals surface area contributed by atoms with E-state index in [0.717, 1.165) is 37.7 Å². The number of halogens is 2. The van der Waals surface area contributed by atoms with Crippen molar-refractivity contribution in [3.05, 3.63) is 57.6 Å². The lowest BCUT2D eigenvalue weighted by Crippen LogP contribution is -2.53. The lowest BCUT2D eigenvalue weighted by molar-refractivity contribution is 0.0602. The van der Waals surface area contributed by atoms with Crippen molar-refractivity contribution in [1.29, 1.82) is 0 Å². The van der Waals surface area contributed by atoms with Crippen molar-refractivity contribution in [1.82, 2.24) is 15.3 Å². The second kappa shape index (κ2) is 8.80. The van der Waals surface area contributed by atoms with Crippen molar-refractivity contribution in [3.63, 3.8) is 0 Å². The summed E-state index contributed by atoms with van der Waals surface area (Å²) in [6.07, 6.45) is 0. The van der Waals surface area contributed by atoms with Crippen LogP contribution >= 0.6 is 23.2 Å². The van der Waals surface area contributed by atoms with Crippen LogP contribution in [-0.4, -0.2) is 49.1 Å². The van der Waals surface area contributed by atoms with E-state index in [4.69, 9.17) is 33.7 Å². The fourth-order valence-electron chi connectivity index (χ4n) is 3.03. The third-order valence-corrected chi connectivity index (χ3v) is 5.05. The smallest absolute Gasteiger partial charge is 0.269 e. The summed E-state index contributed by atoms with van der Waals surface area (Å²) in [5, 5.41) is 2.97. The molecular formula is C19H22Cl2N4O2. The van der Waals surface area contributed by atoms with E-state index < -0.39 is 0 Å². The summed E-state index contributed by atoms with van der Waals surface area (Å²) in [5.41, 5.74) is 10.6. The first-order chi connectivity index (χ1) is 13.0. The summed E-state index contributed by atoms with van der Waals surface area (Å²) in [7, 11) is 1.49. The average Bonchev–Trinajstić information content (AvgIpc) is 2.65. The summed E-state index contributed by atoms with van der Waals surface area (Å²) >= 11 is 12.1. The molecule has 2 aromatic rings. The minimum atomic E-state index is -0.267. The molecule has 0 saturated carbocycles. The number of benzene rings is 2. The standard InChI is InChI=1S/C19H22Cl2N4O2/c1-27-18-11-17(22)16(21)10-15(18)19(26)23-25-7-5-24(6-8-25)12-13-3-2-4-14(20)9-13/h2-4,9-11H,5-8,12,22H2,1H3,(H,23,26). The molecule has 0 unspecified atom stereocenters. The Balaban J connectivity index is 1.56. The summed E-state index contributed by atoms with van der Waals surface area (Å²) in [4.78, 5) is 14.9. The number of anilines is 1. The predicted octanol–water partition coefficient (Wildman–Crippen LogP) is 3.05. The van der Waals surface area contributed by atoms with E-state index in [0.29, 0.717) is 22.0 Å². The van der Waals surface area contributed by atoms with Gasteiger partial charge in [-0.3, -0.25) is 15.1 Å². The number of nitrogens with zero attached hydrogens (tertiary/aromatic N) is 2. The van der Waals surface area contributed by atoms with Crippen LogP contribution in [0.25, 0.3) is 0 Å². The number of ether oxygens (including phenoxy) is 1. The van der Waals surface area contributed by atoms with Gasteiger partial charge in [-0.1, -0.05) is 35.3 Å². The summed E-state index contributed by atoms with van der Waals surface area (Å²) in [6, 6.07) is 11.0. The van der Waals surface area contributed by atoms with Crippen molar-refractivity contribution in [3.8, 4) is 5.75 Å². The van der Waals surface area contributed by atoms with Gasteiger partial charge in [-0.05, 0) is 23.8 Å². The van der Waals surface area contributed by atoms with Gasteiger partial charge in [0.05, 0.1) is 23.4 Å². The van der Waals surface area contributed by atoms with E-state index in [-0.39, 0.29) is 5.91 Å². The molecule has 8 heteroatoms. The van der Waals surface area contributed by atoms with Crippen LogP contribution in [0.4, 0.5) is 5.69 Å². The van der Waals surface area contributed by atoms with Gasteiger partial charge in [0, 0.05) is 43.8 Å². The Bertz CT molecular complexity index is 823. The first-order valence-electron chi connectivity index (χ1n) is 8.62. The van der Waals surface area contributed by atoms with E-state index in [2.05, 4.69) is 16.4 Å². The molecule has 0 atom stereocenters. The van der Waals surface area contributed by atoms with Crippen LogP contribution in [-0.2, 0) is 6.54 Å². The molecule has 27 heavy (non-hydrogen) atoms. The number of carbonyl (C=O) groups excluding carboxylic acids is 1. The second-order valence-electron chi connectivity index (χ2n) is 6.41. The van der Waals surface area contributed by atoms with Crippen LogP contribution in [0, 0.1) is 0 Å². The van der Waals surface area contributed by atoms with Crippen LogP contribution in [0.2, 0.25) is 10.0 Å². The first-order valence-corrected chi connectivity index (χ1v) is 9.37. The maximum Gasteiger partial charge on any atom is 0.269 e. The molecule has 0 aromatic heterocycles. The van der Waals surface area contributed by atoms with E-state index in [1.165, 1.54) is 18.7 Å². The largest absolute Gasteiger partial charge is 0.496 e. The molecule has 2 aromatic carbocycles. The highest BCUT2D eigenvalue weighted by molar-refractivity contribution is 6.33. The van der Waals surface area contributed by atoms with E-state index in [1.54, 1.807) is 6.07 Å². The number of methoxy groups -OCH3 is 1. The quantitative estimate of drug-likeness (QED) is 0.743. The number of hydrogen-bond donors (Lipinski definition) is 2. The molecule has 6 nitrogen and oxygen atoms in total. The summed E-state index contributed by atoms with van der Waals surface area (Å²) < 4.78 is 5.25. The first kappa shape index (κ1) is 19.8. The minimum absolute atomic E-state index is 0.267. The number of amides is 1. The number of rotatable bonds is 5. The van der Waals surface area contributed by atoms with E-state index in [1.807, 2.05) is 23.2 Å².